The van der Waals surface area contributed by atoms with E-state index in [4.69, 9.17) is 4.74 Å². The second kappa shape index (κ2) is 11.0. The van der Waals surface area contributed by atoms with Crippen LogP contribution in [0.25, 0.3) is 0 Å². The van der Waals surface area contributed by atoms with Crippen LogP contribution in [-0.2, 0) is 11.3 Å². The Labute approximate surface area is 227 Å². The number of hydrogen-bond acceptors (Lipinski definition) is 9. The molecular weight excluding hydrogens is 492 g/mol. The summed E-state index contributed by atoms with van der Waals surface area (Å²) in [5, 5.41) is 9.38. The fraction of sp³-hybridized carbons (Fsp3) is 0.241. The van der Waals surface area contributed by atoms with Gasteiger partial charge in [-0.3, -0.25) is 9.69 Å². The lowest BCUT2D eigenvalue weighted by molar-refractivity contribution is -0.118. The van der Waals surface area contributed by atoms with Gasteiger partial charge in [-0.2, -0.15) is 4.98 Å². The maximum atomic E-state index is 11.7. The number of nitrogens with zero attached hydrogens (tertiary/aromatic N) is 5. The quantitative estimate of drug-likeness (QED) is 0.327. The lowest BCUT2D eigenvalue weighted by atomic mass is 10.2. The maximum absolute atomic E-state index is 11.7. The Morgan fingerprint density at radius 1 is 0.923 bits per heavy atom. The van der Waals surface area contributed by atoms with Crippen LogP contribution in [0.2, 0.25) is 0 Å². The molecular formula is C29H30N8O2. The number of nitrogens with one attached hydrogen (secondary N) is 3. The van der Waals surface area contributed by atoms with Gasteiger partial charge in [-0.05, 0) is 42.8 Å². The summed E-state index contributed by atoms with van der Waals surface area (Å²) in [6.07, 6.45) is 3.58. The standard InChI is InChI=1S/C29H30N8O2/c1-20-16-31-29(35-28(20)32-22-7-9-25-24(15-22)34-27(38)19-39-25)33-23-8-10-26(30-17-23)37-13-11-36(12-14-37)18-21-5-3-2-4-6-21/h2-10,15-17H,11-14,18-19H2,1H3,(H,34,38)(H2,31,32,33,35). The van der Waals surface area contributed by atoms with Crippen molar-refractivity contribution >= 4 is 40.6 Å². The van der Waals surface area contributed by atoms with Crippen LogP contribution in [0.15, 0.2) is 73.1 Å². The molecule has 4 heterocycles. The van der Waals surface area contributed by atoms with E-state index in [1.54, 1.807) is 6.20 Å². The van der Waals surface area contributed by atoms with Gasteiger partial charge in [0.15, 0.2) is 6.61 Å². The van der Waals surface area contributed by atoms with E-state index in [1.165, 1.54) is 5.56 Å². The van der Waals surface area contributed by atoms with Crippen LogP contribution in [-0.4, -0.2) is 58.5 Å². The molecule has 0 unspecified atom stereocenters. The van der Waals surface area contributed by atoms with Crippen LogP contribution in [0.4, 0.5) is 34.6 Å². The molecule has 3 N–H and O–H groups in total. The summed E-state index contributed by atoms with van der Waals surface area (Å²) in [5.74, 6) is 2.56. The summed E-state index contributed by atoms with van der Waals surface area (Å²) in [5.41, 5.74) is 4.46. The Morgan fingerprint density at radius 2 is 1.74 bits per heavy atom. The van der Waals surface area contributed by atoms with Gasteiger partial charge >= 0.3 is 0 Å². The van der Waals surface area contributed by atoms with Crippen molar-refractivity contribution in [3.63, 3.8) is 0 Å². The minimum Gasteiger partial charge on any atom is -0.482 e. The van der Waals surface area contributed by atoms with E-state index in [2.05, 4.69) is 71.0 Å². The van der Waals surface area contributed by atoms with Crippen LogP contribution in [0, 0.1) is 6.92 Å². The first-order chi connectivity index (χ1) is 19.1. The molecule has 2 aliphatic heterocycles. The van der Waals surface area contributed by atoms with E-state index in [1.807, 2.05) is 43.5 Å². The van der Waals surface area contributed by atoms with Crippen molar-refractivity contribution in [2.45, 2.75) is 13.5 Å². The summed E-state index contributed by atoms with van der Waals surface area (Å²) in [6.45, 7) is 6.85. The zero-order chi connectivity index (χ0) is 26.6. The van der Waals surface area contributed by atoms with Gasteiger partial charge in [-0.1, -0.05) is 30.3 Å². The molecule has 39 heavy (non-hydrogen) atoms. The van der Waals surface area contributed by atoms with Gasteiger partial charge in [0, 0.05) is 50.2 Å². The molecule has 0 saturated carbocycles. The molecule has 198 valence electrons. The lowest BCUT2D eigenvalue weighted by Crippen LogP contribution is -2.46. The summed E-state index contributed by atoms with van der Waals surface area (Å²) in [6, 6.07) is 20.2. The molecule has 2 aromatic heterocycles. The molecule has 10 nitrogen and oxygen atoms in total. The number of rotatable bonds is 7. The summed E-state index contributed by atoms with van der Waals surface area (Å²) < 4.78 is 5.44. The molecule has 4 aromatic rings. The van der Waals surface area contributed by atoms with Gasteiger partial charge < -0.3 is 25.6 Å². The van der Waals surface area contributed by atoms with E-state index in [-0.39, 0.29) is 12.5 Å². The van der Waals surface area contributed by atoms with E-state index >= 15 is 0 Å². The molecule has 0 bridgehead atoms. The molecule has 10 heteroatoms. The smallest absolute Gasteiger partial charge is 0.262 e. The number of amides is 1. The van der Waals surface area contributed by atoms with Gasteiger partial charge in [0.25, 0.3) is 5.91 Å². The number of carbonyl (C=O) groups excluding carboxylic acids is 1. The highest BCUT2D eigenvalue weighted by Gasteiger charge is 2.19. The van der Waals surface area contributed by atoms with Crippen LogP contribution in [0.5, 0.6) is 5.75 Å². The summed E-state index contributed by atoms with van der Waals surface area (Å²) in [4.78, 5) is 30.2. The minimum absolute atomic E-state index is 0.0288. The number of anilines is 6. The molecule has 2 aromatic carbocycles. The van der Waals surface area contributed by atoms with Gasteiger partial charge in [-0.25, -0.2) is 9.97 Å². The van der Waals surface area contributed by atoms with Gasteiger partial charge in [-0.15, -0.1) is 0 Å². The first-order valence-corrected chi connectivity index (χ1v) is 13.0. The fourth-order valence-electron chi connectivity index (χ4n) is 4.68. The minimum atomic E-state index is -0.172. The van der Waals surface area contributed by atoms with Crippen molar-refractivity contribution in [2.75, 3.05) is 53.6 Å². The molecule has 0 spiro atoms. The van der Waals surface area contributed by atoms with Gasteiger partial charge in [0.2, 0.25) is 5.95 Å². The van der Waals surface area contributed by atoms with Gasteiger partial charge in [0.1, 0.15) is 17.4 Å². The number of fused-ring (bicyclic) bond motifs is 1. The molecule has 0 atom stereocenters. The third kappa shape index (κ3) is 5.91. The number of carbonyl (C=O) groups is 1. The number of pyridine rings is 1. The summed E-state index contributed by atoms with van der Waals surface area (Å²) in [7, 11) is 0. The molecule has 0 radical (unpaired) electrons. The second-order valence-electron chi connectivity index (χ2n) is 9.68. The first kappa shape index (κ1) is 24.6. The van der Waals surface area contributed by atoms with Gasteiger partial charge in [0.05, 0.1) is 17.6 Å². The van der Waals surface area contributed by atoms with E-state index in [0.717, 1.165) is 55.5 Å². The van der Waals surface area contributed by atoms with Crippen molar-refractivity contribution in [3.05, 3.63) is 84.2 Å². The highest BCUT2D eigenvalue weighted by molar-refractivity contribution is 5.96. The Balaban J connectivity index is 1.07. The topological polar surface area (TPSA) is 108 Å². The fourth-order valence-corrected chi connectivity index (χ4v) is 4.68. The van der Waals surface area contributed by atoms with E-state index < -0.39 is 0 Å². The Kier molecular flexibility index (Phi) is 6.92. The van der Waals surface area contributed by atoms with Crippen LogP contribution in [0.1, 0.15) is 11.1 Å². The second-order valence-corrected chi connectivity index (χ2v) is 9.68. The van der Waals surface area contributed by atoms with Crippen molar-refractivity contribution in [1.82, 2.24) is 19.9 Å². The first-order valence-electron chi connectivity index (χ1n) is 13.0. The monoisotopic (exact) mass is 522 g/mol. The summed E-state index contributed by atoms with van der Waals surface area (Å²) >= 11 is 0. The van der Waals surface area contributed by atoms with Crippen molar-refractivity contribution in [1.29, 1.82) is 0 Å². The Morgan fingerprint density at radius 3 is 2.54 bits per heavy atom. The number of benzene rings is 2. The largest absolute Gasteiger partial charge is 0.482 e. The molecule has 6 rings (SSSR count). The molecule has 1 saturated heterocycles. The van der Waals surface area contributed by atoms with Crippen LogP contribution >= 0.6 is 0 Å². The van der Waals surface area contributed by atoms with Crippen LogP contribution in [0.3, 0.4) is 0 Å². The zero-order valence-electron chi connectivity index (χ0n) is 21.7. The average Bonchev–Trinajstić information content (AvgIpc) is 2.96. The predicted molar refractivity (Wildman–Crippen MR) is 152 cm³/mol. The van der Waals surface area contributed by atoms with E-state index in [0.29, 0.717) is 23.2 Å². The normalized spacial score (nSPS) is 15.2. The molecule has 1 amide bonds. The van der Waals surface area contributed by atoms with Crippen molar-refractivity contribution in [2.24, 2.45) is 0 Å². The number of aryl methyl sites for hydroxylation is 1. The SMILES string of the molecule is Cc1cnc(Nc2ccc(N3CCN(Cc4ccccc4)CC3)nc2)nc1Nc1ccc2c(c1)NC(=O)CO2. The Bertz CT molecular complexity index is 1450. The third-order valence-electron chi connectivity index (χ3n) is 6.80. The van der Waals surface area contributed by atoms with E-state index in [9.17, 15) is 4.79 Å². The number of ether oxygens (including phenoxy) is 1. The number of aromatic nitrogens is 3. The molecule has 2 aliphatic rings. The Hall–Kier alpha value is -4.70. The highest BCUT2D eigenvalue weighted by Crippen LogP contribution is 2.32. The average molecular weight is 523 g/mol. The highest BCUT2D eigenvalue weighted by atomic mass is 16.5. The number of piperazine rings is 1. The van der Waals surface area contributed by atoms with Crippen LogP contribution < -0.4 is 25.6 Å². The zero-order valence-corrected chi connectivity index (χ0v) is 21.7. The maximum Gasteiger partial charge on any atom is 0.262 e. The lowest BCUT2D eigenvalue weighted by Gasteiger charge is -2.35. The predicted octanol–water partition coefficient (Wildman–Crippen LogP) is 4.32. The third-order valence-corrected chi connectivity index (χ3v) is 6.80. The number of hydrogen-bond donors (Lipinski definition) is 3. The molecule has 1 fully saturated rings. The van der Waals surface area contributed by atoms with Crippen molar-refractivity contribution in [3.8, 4) is 5.75 Å². The van der Waals surface area contributed by atoms with Crippen molar-refractivity contribution < 1.29 is 9.53 Å². The molecule has 0 aliphatic carbocycles.